The van der Waals surface area contributed by atoms with E-state index in [0.717, 1.165) is 13.0 Å². The van der Waals surface area contributed by atoms with Crippen LogP contribution in [0, 0.1) is 0 Å². The minimum absolute atomic E-state index is 0.646. The van der Waals surface area contributed by atoms with Crippen molar-refractivity contribution >= 4 is 0 Å². The Kier molecular flexibility index (Phi) is 3.88. The molecule has 1 nitrogen and oxygen atoms in total. The quantitative estimate of drug-likeness (QED) is 0.766. The zero-order valence-electron chi connectivity index (χ0n) is 11.7. The van der Waals surface area contributed by atoms with Gasteiger partial charge in [-0.1, -0.05) is 39.8 Å². The Balaban J connectivity index is 2.38. The first-order chi connectivity index (χ1) is 8.15. The lowest BCUT2D eigenvalue weighted by Crippen LogP contribution is -2.30. The van der Waals surface area contributed by atoms with Crippen LogP contribution in [-0.4, -0.2) is 18.0 Å². The van der Waals surface area contributed by atoms with Crippen molar-refractivity contribution in [3.8, 4) is 0 Å². The Morgan fingerprint density at radius 3 is 2.53 bits per heavy atom. The minimum Gasteiger partial charge on any atom is -0.299 e. The standard InChI is InChI=1S/C16H25N/c1-5-13-9-14-7-8-17(6-2)11-15(14)10-16(13)12(3)4/h9-10,12H,5-8,11H2,1-4H3. The highest BCUT2D eigenvalue weighted by Crippen LogP contribution is 2.27. The molecule has 1 heterocycles. The van der Waals surface area contributed by atoms with Gasteiger partial charge in [0, 0.05) is 13.1 Å². The first-order valence-corrected chi connectivity index (χ1v) is 7.02. The maximum absolute atomic E-state index is 2.54. The molecular weight excluding hydrogens is 206 g/mol. The van der Waals surface area contributed by atoms with Gasteiger partial charge < -0.3 is 0 Å². The van der Waals surface area contributed by atoms with Crippen LogP contribution in [0.15, 0.2) is 12.1 Å². The molecule has 0 radical (unpaired) electrons. The second-order valence-electron chi connectivity index (χ2n) is 5.45. The maximum atomic E-state index is 2.54. The molecule has 0 unspecified atom stereocenters. The monoisotopic (exact) mass is 231 g/mol. The number of aryl methyl sites for hydroxylation is 1. The number of rotatable bonds is 3. The van der Waals surface area contributed by atoms with Crippen LogP contribution in [0.3, 0.4) is 0 Å². The van der Waals surface area contributed by atoms with Crippen LogP contribution in [0.2, 0.25) is 0 Å². The third kappa shape index (κ3) is 2.55. The first kappa shape index (κ1) is 12.6. The molecule has 0 N–H and O–H groups in total. The van der Waals surface area contributed by atoms with E-state index in [1.165, 1.54) is 19.5 Å². The molecule has 0 bridgehead atoms. The Morgan fingerprint density at radius 1 is 1.18 bits per heavy atom. The second-order valence-corrected chi connectivity index (χ2v) is 5.45. The van der Waals surface area contributed by atoms with Crippen molar-refractivity contribution in [1.29, 1.82) is 0 Å². The molecule has 0 aromatic heterocycles. The van der Waals surface area contributed by atoms with Gasteiger partial charge in [-0.25, -0.2) is 0 Å². The molecule has 1 aliphatic rings. The topological polar surface area (TPSA) is 3.24 Å². The molecule has 17 heavy (non-hydrogen) atoms. The van der Waals surface area contributed by atoms with Gasteiger partial charge >= 0.3 is 0 Å². The summed E-state index contributed by atoms with van der Waals surface area (Å²) in [4.78, 5) is 2.54. The third-order valence-electron chi connectivity index (χ3n) is 4.00. The number of hydrogen-bond donors (Lipinski definition) is 0. The van der Waals surface area contributed by atoms with E-state index in [1.807, 2.05) is 0 Å². The Labute approximate surface area is 106 Å². The average Bonchev–Trinajstić information content (AvgIpc) is 2.36. The Hall–Kier alpha value is -0.820. The molecule has 0 saturated carbocycles. The summed E-state index contributed by atoms with van der Waals surface area (Å²) in [5.41, 5.74) is 6.28. The number of nitrogens with zero attached hydrogens (tertiary/aromatic N) is 1. The molecule has 0 atom stereocenters. The zero-order chi connectivity index (χ0) is 12.4. The van der Waals surface area contributed by atoms with Gasteiger partial charge in [0.1, 0.15) is 0 Å². The van der Waals surface area contributed by atoms with E-state index in [1.54, 1.807) is 22.3 Å². The number of fused-ring (bicyclic) bond motifs is 1. The molecule has 1 aromatic carbocycles. The van der Waals surface area contributed by atoms with Crippen LogP contribution in [0.25, 0.3) is 0 Å². The largest absolute Gasteiger partial charge is 0.299 e. The zero-order valence-corrected chi connectivity index (χ0v) is 11.7. The molecule has 0 spiro atoms. The Bertz CT molecular complexity index is 393. The average molecular weight is 231 g/mol. The molecule has 0 aliphatic carbocycles. The number of hydrogen-bond acceptors (Lipinski definition) is 1. The van der Waals surface area contributed by atoms with Crippen molar-refractivity contribution in [2.75, 3.05) is 13.1 Å². The minimum atomic E-state index is 0.646. The predicted octanol–water partition coefficient (Wildman–Crippen LogP) is 3.75. The molecule has 0 saturated heterocycles. The number of benzene rings is 1. The molecule has 94 valence electrons. The van der Waals surface area contributed by atoms with Crippen LogP contribution >= 0.6 is 0 Å². The van der Waals surface area contributed by atoms with Crippen LogP contribution in [0.5, 0.6) is 0 Å². The highest BCUT2D eigenvalue weighted by Gasteiger charge is 2.17. The summed E-state index contributed by atoms with van der Waals surface area (Å²) in [6, 6.07) is 4.94. The van der Waals surface area contributed by atoms with Gasteiger partial charge in [-0.2, -0.15) is 0 Å². The SMILES string of the molecule is CCc1cc2c(cc1C(C)C)CN(CC)CC2. The van der Waals surface area contributed by atoms with Crippen molar-refractivity contribution in [2.24, 2.45) is 0 Å². The van der Waals surface area contributed by atoms with Crippen molar-refractivity contribution < 1.29 is 0 Å². The fourth-order valence-electron chi connectivity index (χ4n) is 2.85. The van der Waals surface area contributed by atoms with Gasteiger partial charge in [0.25, 0.3) is 0 Å². The van der Waals surface area contributed by atoms with Crippen LogP contribution in [0.4, 0.5) is 0 Å². The molecule has 1 aliphatic heterocycles. The smallest absolute Gasteiger partial charge is 0.0236 e. The van der Waals surface area contributed by atoms with Gasteiger partial charge in [-0.05, 0) is 47.6 Å². The summed E-state index contributed by atoms with van der Waals surface area (Å²) >= 11 is 0. The summed E-state index contributed by atoms with van der Waals surface area (Å²) in [6.07, 6.45) is 2.40. The fourth-order valence-corrected chi connectivity index (χ4v) is 2.85. The summed E-state index contributed by atoms with van der Waals surface area (Å²) in [6.45, 7) is 12.7. The lowest BCUT2D eigenvalue weighted by atomic mass is 9.88. The maximum Gasteiger partial charge on any atom is 0.0236 e. The molecule has 0 fully saturated rings. The van der Waals surface area contributed by atoms with Gasteiger partial charge in [-0.15, -0.1) is 0 Å². The van der Waals surface area contributed by atoms with Crippen molar-refractivity contribution in [2.45, 2.75) is 53.0 Å². The highest BCUT2D eigenvalue weighted by molar-refractivity contribution is 5.41. The lowest BCUT2D eigenvalue weighted by Gasteiger charge is -2.29. The Morgan fingerprint density at radius 2 is 1.94 bits per heavy atom. The third-order valence-corrected chi connectivity index (χ3v) is 4.00. The summed E-state index contributed by atoms with van der Waals surface area (Å²) < 4.78 is 0. The van der Waals surface area contributed by atoms with Crippen LogP contribution < -0.4 is 0 Å². The van der Waals surface area contributed by atoms with E-state index in [-0.39, 0.29) is 0 Å². The van der Waals surface area contributed by atoms with Gasteiger partial charge in [0.2, 0.25) is 0 Å². The van der Waals surface area contributed by atoms with Crippen LogP contribution in [-0.2, 0) is 19.4 Å². The van der Waals surface area contributed by atoms with E-state index in [2.05, 4.69) is 44.7 Å². The van der Waals surface area contributed by atoms with E-state index in [0.29, 0.717) is 5.92 Å². The van der Waals surface area contributed by atoms with Gasteiger partial charge in [0.05, 0.1) is 0 Å². The normalized spacial score (nSPS) is 16.3. The lowest BCUT2D eigenvalue weighted by molar-refractivity contribution is 0.268. The molecule has 0 amide bonds. The van der Waals surface area contributed by atoms with Gasteiger partial charge in [-0.3, -0.25) is 4.90 Å². The van der Waals surface area contributed by atoms with E-state index < -0.39 is 0 Å². The molecule has 1 aromatic rings. The fraction of sp³-hybridized carbons (Fsp3) is 0.625. The summed E-state index contributed by atoms with van der Waals surface area (Å²) in [5.74, 6) is 0.646. The number of likely N-dealkylation sites (N-methyl/N-ethyl adjacent to an activating group) is 1. The van der Waals surface area contributed by atoms with Crippen molar-refractivity contribution in [3.05, 3.63) is 34.4 Å². The predicted molar refractivity (Wildman–Crippen MR) is 74.6 cm³/mol. The summed E-state index contributed by atoms with van der Waals surface area (Å²) in [7, 11) is 0. The first-order valence-electron chi connectivity index (χ1n) is 7.02. The van der Waals surface area contributed by atoms with E-state index in [4.69, 9.17) is 0 Å². The van der Waals surface area contributed by atoms with Crippen molar-refractivity contribution in [3.63, 3.8) is 0 Å². The molecule has 1 heteroatoms. The molecule has 2 rings (SSSR count). The van der Waals surface area contributed by atoms with E-state index in [9.17, 15) is 0 Å². The van der Waals surface area contributed by atoms with E-state index >= 15 is 0 Å². The second kappa shape index (κ2) is 5.22. The van der Waals surface area contributed by atoms with Crippen LogP contribution in [0.1, 0.15) is 55.9 Å². The molecular formula is C16H25N. The highest BCUT2D eigenvalue weighted by atomic mass is 15.1. The summed E-state index contributed by atoms with van der Waals surface area (Å²) in [5, 5.41) is 0. The van der Waals surface area contributed by atoms with Crippen molar-refractivity contribution in [1.82, 2.24) is 4.90 Å². The van der Waals surface area contributed by atoms with Gasteiger partial charge in [0.15, 0.2) is 0 Å².